The van der Waals surface area contributed by atoms with E-state index in [4.69, 9.17) is 9.84 Å². The summed E-state index contributed by atoms with van der Waals surface area (Å²) >= 11 is 0. The van der Waals surface area contributed by atoms with Crippen LogP contribution >= 0.6 is 0 Å². The minimum absolute atomic E-state index is 0.0410. The fourth-order valence-electron chi connectivity index (χ4n) is 3.50. The molecule has 3 rings (SSSR count). The van der Waals surface area contributed by atoms with E-state index in [2.05, 4.69) is 4.98 Å². The lowest BCUT2D eigenvalue weighted by atomic mass is 9.95. The highest BCUT2D eigenvalue weighted by Gasteiger charge is 2.35. The standard InChI is InChI=1S/C20H20F4N2O3/c21-7-8-29-12-17-9-15(13-1-4-16(5-2-13)20(22,23)24)11-26(17)18-6-3-14(10-25-18)19(27)28/h1-6,10,15,17H,7-9,11-12H2,(H,27,28)/t15?,17-/m0/s1. The molecule has 0 amide bonds. The van der Waals surface area contributed by atoms with Gasteiger partial charge < -0.3 is 14.7 Å². The number of hydrogen-bond donors (Lipinski definition) is 1. The van der Waals surface area contributed by atoms with E-state index in [1.807, 2.05) is 4.90 Å². The number of carboxylic acid groups (broad SMARTS) is 1. The maximum absolute atomic E-state index is 12.8. The summed E-state index contributed by atoms with van der Waals surface area (Å²) in [6, 6.07) is 7.93. The maximum atomic E-state index is 12.8. The van der Waals surface area contributed by atoms with Crippen LogP contribution in [0.15, 0.2) is 42.6 Å². The van der Waals surface area contributed by atoms with Gasteiger partial charge in [-0.3, -0.25) is 0 Å². The van der Waals surface area contributed by atoms with Crippen molar-refractivity contribution in [1.29, 1.82) is 0 Å². The summed E-state index contributed by atoms with van der Waals surface area (Å²) in [5.41, 5.74) is 0.112. The molecule has 0 saturated carbocycles. The van der Waals surface area contributed by atoms with Crippen LogP contribution in [-0.4, -0.2) is 48.5 Å². The second-order valence-electron chi connectivity index (χ2n) is 6.83. The van der Waals surface area contributed by atoms with Gasteiger partial charge in [-0.15, -0.1) is 0 Å². The van der Waals surface area contributed by atoms with Gasteiger partial charge >= 0.3 is 12.1 Å². The number of carboxylic acids is 1. The van der Waals surface area contributed by atoms with Gasteiger partial charge in [0, 0.05) is 18.7 Å². The molecule has 156 valence electrons. The number of aromatic carboxylic acids is 1. The molecule has 0 bridgehead atoms. The predicted molar refractivity (Wildman–Crippen MR) is 97.9 cm³/mol. The Hall–Kier alpha value is -2.68. The van der Waals surface area contributed by atoms with E-state index in [0.717, 1.165) is 17.7 Å². The first kappa shape index (κ1) is 21.0. The third-order valence-corrected chi connectivity index (χ3v) is 4.94. The number of pyridine rings is 1. The van der Waals surface area contributed by atoms with Crippen molar-refractivity contribution >= 4 is 11.8 Å². The van der Waals surface area contributed by atoms with Gasteiger partial charge in [-0.25, -0.2) is 14.2 Å². The van der Waals surface area contributed by atoms with E-state index in [1.165, 1.54) is 24.4 Å². The zero-order valence-corrected chi connectivity index (χ0v) is 15.4. The number of rotatable bonds is 7. The number of carbonyl (C=O) groups is 1. The van der Waals surface area contributed by atoms with E-state index in [-0.39, 0.29) is 30.7 Å². The van der Waals surface area contributed by atoms with Crippen LogP contribution in [0.5, 0.6) is 0 Å². The normalized spacial score (nSPS) is 19.5. The average molecular weight is 412 g/mol. The molecular formula is C20H20F4N2O3. The molecule has 1 aromatic heterocycles. The van der Waals surface area contributed by atoms with Gasteiger partial charge in [0.2, 0.25) is 0 Å². The second-order valence-corrected chi connectivity index (χ2v) is 6.83. The van der Waals surface area contributed by atoms with Crippen molar-refractivity contribution in [2.24, 2.45) is 0 Å². The Morgan fingerprint density at radius 2 is 1.93 bits per heavy atom. The van der Waals surface area contributed by atoms with Crippen LogP contribution in [0, 0.1) is 0 Å². The summed E-state index contributed by atoms with van der Waals surface area (Å²) in [7, 11) is 0. The van der Waals surface area contributed by atoms with E-state index in [0.29, 0.717) is 18.8 Å². The average Bonchev–Trinajstić information content (AvgIpc) is 3.12. The smallest absolute Gasteiger partial charge is 0.416 e. The third-order valence-electron chi connectivity index (χ3n) is 4.94. The summed E-state index contributed by atoms with van der Waals surface area (Å²) in [6.45, 7) is 0.0686. The van der Waals surface area contributed by atoms with E-state index in [9.17, 15) is 22.4 Å². The minimum atomic E-state index is -4.39. The zero-order chi connectivity index (χ0) is 21.0. The molecule has 1 saturated heterocycles. The van der Waals surface area contributed by atoms with Crippen LogP contribution in [0.1, 0.15) is 33.8 Å². The molecule has 2 heterocycles. The molecule has 2 aromatic rings. The molecular weight excluding hydrogens is 392 g/mol. The molecule has 1 unspecified atom stereocenters. The van der Waals surface area contributed by atoms with Crippen LogP contribution in [0.4, 0.5) is 23.4 Å². The SMILES string of the molecule is O=C(O)c1ccc(N2CC(c3ccc(C(F)(F)F)cc3)C[C@H]2COCCF)nc1. The van der Waals surface area contributed by atoms with Gasteiger partial charge in [0.05, 0.1) is 30.4 Å². The summed E-state index contributed by atoms with van der Waals surface area (Å²) in [5.74, 6) is -0.605. The van der Waals surface area contributed by atoms with Crippen molar-refractivity contribution in [3.8, 4) is 0 Å². The van der Waals surface area contributed by atoms with Crippen LogP contribution in [-0.2, 0) is 10.9 Å². The number of halogens is 4. The van der Waals surface area contributed by atoms with Crippen LogP contribution in [0.2, 0.25) is 0 Å². The molecule has 1 aliphatic rings. The topological polar surface area (TPSA) is 62.7 Å². The van der Waals surface area contributed by atoms with Crippen LogP contribution in [0.3, 0.4) is 0 Å². The quantitative estimate of drug-likeness (QED) is 0.547. The molecule has 2 atom stereocenters. The highest BCUT2D eigenvalue weighted by Crippen LogP contribution is 2.36. The fraction of sp³-hybridized carbons (Fsp3) is 0.400. The van der Waals surface area contributed by atoms with Gasteiger partial charge in [0.15, 0.2) is 0 Å². The lowest BCUT2D eigenvalue weighted by molar-refractivity contribution is -0.137. The summed E-state index contributed by atoms with van der Waals surface area (Å²) in [4.78, 5) is 17.1. The number of nitrogens with zero attached hydrogens (tertiary/aromatic N) is 2. The fourth-order valence-corrected chi connectivity index (χ4v) is 3.50. The number of aromatic nitrogens is 1. The van der Waals surface area contributed by atoms with Crippen molar-refractivity contribution in [2.75, 3.05) is 31.3 Å². The first-order valence-corrected chi connectivity index (χ1v) is 9.06. The van der Waals surface area contributed by atoms with Gasteiger partial charge in [-0.1, -0.05) is 12.1 Å². The second kappa shape index (κ2) is 8.77. The Kier molecular flexibility index (Phi) is 6.36. The Morgan fingerprint density at radius 3 is 2.48 bits per heavy atom. The number of hydrogen-bond acceptors (Lipinski definition) is 4. The third kappa shape index (κ3) is 5.03. The molecule has 0 radical (unpaired) electrons. The van der Waals surface area contributed by atoms with Gasteiger partial charge in [-0.05, 0) is 36.2 Å². The van der Waals surface area contributed by atoms with Gasteiger partial charge in [-0.2, -0.15) is 13.2 Å². The number of benzene rings is 1. The summed E-state index contributed by atoms with van der Waals surface area (Å²) in [6.07, 6.45) is -2.54. The van der Waals surface area contributed by atoms with E-state index >= 15 is 0 Å². The molecule has 9 heteroatoms. The lowest BCUT2D eigenvalue weighted by Crippen LogP contribution is -2.34. The highest BCUT2D eigenvalue weighted by molar-refractivity contribution is 5.87. The molecule has 0 aliphatic carbocycles. The largest absolute Gasteiger partial charge is 0.478 e. The van der Waals surface area contributed by atoms with E-state index in [1.54, 1.807) is 6.07 Å². The van der Waals surface area contributed by atoms with Gasteiger partial charge in [0.25, 0.3) is 0 Å². The highest BCUT2D eigenvalue weighted by atomic mass is 19.4. The lowest BCUT2D eigenvalue weighted by Gasteiger charge is -2.25. The molecule has 1 aliphatic heterocycles. The van der Waals surface area contributed by atoms with Crippen molar-refractivity contribution in [2.45, 2.75) is 24.6 Å². The molecule has 1 fully saturated rings. The number of anilines is 1. The Morgan fingerprint density at radius 1 is 1.21 bits per heavy atom. The first-order chi connectivity index (χ1) is 13.8. The van der Waals surface area contributed by atoms with Crippen molar-refractivity contribution in [3.05, 3.63) is 59.3 Å². The minimum Gasteiger partial charge on any atom is -0.478 e. The number of alkyl halides is 4. The molecule has 29 heavy (non-hydrogen) atoms. The maximum Gasteiger partial charge on any atom is 0.416 e. The molecule has 0 spiro atoms. The summed E-state index contributed by atoms with van der Waals surface area (Å²) in [5, 5.41) is 9.02. The van der Waals surface area contributed by atoms with E-state index < -0.39 is 24.4 Å². The first-order valence-electron chi connectivity index (χ1n) is 9.06. The molecule has 5 nitrogen and oxygen atoms in total. The summed E-state index contributed by atoms with van der Waals surface area (Å²) < 4.78 is 56.1. The van der Waals surface area contributed by atoms with Gasteiger partial charge in [0.1, 0.15) is 12.5 Å². The predicted octanol–water partition coefficient (Wildman–Crippen LogP) is 4.15. The Balaban J connectivity index is 1.79. The molecule has 1 N–H and O–H groups in total. The number of ether oxygens (including phenoxy) is 1. The van der Waals surface area contributed by atoms with Crippen LogP contribution in [0.25, 0.3) is 0 Å². The van der Waals surface area contributed by atoms with Crippen molar-refractivity contribution in [3.63, 3.8) is 0 Å². The monoisotopic (exact) mass is 412 g/mol. The molecule has 1 aromatic carbocycles. The van der Waals surface area contributed by atoms with Crippen molar-refractivity contribution in [1.82, 2.24) is 4.98 Å². The van der Waals surface area contributed by atoms with Crippen molar-refractivity contribution < 1.29 is 32.2 Å². The Bertz CT molecular complexity index is 825. The zero-order valence-electron chi connectivity index (χ0n) is 15.4. The Labute approximate surface area is 164 Å². The van der Waals surface area contributed by atoms with Crippen LogP contribution < -0.4 is 4.90 Å².